The molecular weight excluding hydrogens is 328 g/mol. The molecule has 0 aliphatic heterocycles. The van der Waals surface area contributed by atoms with Gasteiger partial charge >= 0.3 is 0 Å². The van der Waals surface area contributed by atoms with Crippen molar-refractivity contribution in [3.8, 4) is 0 Å². The van der Waals surface area contributed by atoms with Gasteiger partial charge in [0.05, 0.1) is 11.4 Å². The van der Waals surface area contributed by atoms with E-state index >= 15 is 0 Å². The van der Waals surface area contributed by atoms with Gasteiger partial charge < -0.3 is 5.11 Å². The predicted molar refractivity (Wildman–Crippen MR) is 112 cm³/mol. The molecule has 3 heteroatoms. The Labute approximate surface area is 160 Å². The first kappa shape index (κ1) is 23.1. The lowest BCUT2D eigenvalue weighted by Gasteiger charge is -2.26. The smallest absolute Gasteiger partial charge is 0.0683 e. The van der Waals surface area contributed by atoms with Crippen molar-refractivity contribution < 1.29 is 9.32 Å². The molecule has 0 aromatic rings. The standard InChI is InChI=1S/C22H44O2S/c1-2-3-4-5-6-7-8-9-10-11-12-13-14-17-20-25(24)22-19-16-15-18-21(22)23/h21-23H,2-20H2,1H3/t21-,22?,25+/m0/s1. The number of aliphatic hydroxyl groups excluding tert-OH is 1. The highest BCUT2D eigenvalue weighted by atomic mass is 32.2. The highest BCUT2D eigenvalue weighted by Crippen LogP contribution is 2.23. The first-order chi connectivity index (χ1) is 12.3. The van der Waals surface area contributed by atoms with Gasteiger partial charge in [0.25, 0.3) is 0 Å². The molecule has 0 spiro atoms. The minimum absolute atomic E-state index is 0.0655. The SMILES string of the molecule is CCCCCCCCCCCCCCCC[S@@](=O)C1CCCC[C@@H]1O. The Bertz CT molecular complexity index is 319. The van der Waals surface area contributed by atoms with Crippen LogP contribution in [0, 0.1) is 0 Å². The molecule has 0 aromatic carbocycles. The maximum atomic E-state index is 12.3. The van der Waals surface area contributed by atoms with Crippen molar-refractivity contribution in [3.05, 3.63) is 0 Å². The van der Waals surface area contributed by atoms with Crippen LogP contribution in [0.3, 0.4) is 0 Å². The maximum absolute atomic E-state index is 12.3. The average Bonchev–Trinajstić information content (AvgIpc) is 2.62. The van der Waals surface area contributed by atoms with E-state index in [-0.39, 0.29) is 11.4 Å². The summed E-state index contributed by atoms with van der Waals surface area (Å²) >= 11 is 0. The van der Waals surface area contributed by atoms with Crippen LogP contribution in [-0.2, 0) is 10.8 Å². The zero-order valence-corrected chi connectivity index (χ0v) is 17.7. The van der Waals surface area contributed by atoms with E-state index in [1.165, 1.54) is 83.5 Å². The van der Waals surface area contributed by atoms with Crippen LogP contribution < -0.4 is 0 Å². The second-order valence-corrected chi connectivity index (χ2v) is 9.85. The van der Waals surface area contributed by atoms with Crippen LogP contribution in [0.5, 0.6) is 0 Å². The lowest BCUT2D eigenvalue weighted by Crippen LogP contribution is -2.34. The number of aliphatic hydroxyl groups is 1. The monoisotopic (exact) mass is 372 g/mol. The third-order valence-corrected chi connectivity index (χ3v) is 7.62. The summed E-state index contributed by atoms with van der Waals surface area (Å²) < 4.78 is 12.3. The van der Waals surface area contributed by atoms with Gasteiger partial charge in [-0.15, -0.1) is 0 Å². The molecule has 0 aromatic heterocycles. The Hall–Kier alpha value is 0.110. The second kappa shape index (κ2) is 16.3. The molecule has 1 saturated carbocycles. The van der Waals surface area contributed by atoms with Crippen molar-refractivity contribution in [3.63, 3.8) is 0 Å². The topological polar surface area (TPSA) is 37.3 Å². The highest BCUT2D eigenvalue weighted by Gasteiger charge is 2.27. The van der Waals surface area contributed by atoms with E-state index in [1.807, 2.05) is 0 Å². The third-order valence-electron chi connectivity index (χ3n) is 5.70. The molecule has 0 heterocycles. The van der Waals surface area contributed by atoms with Crippen LogP contribution in [0.15, 0.2) is 0 Å². The second-order valence-electron chi connectivity index (χ2n) is 8.07. The molecule has 0 bridgehead atoms. The molecule has 0 radical (unpaired) electrons. The highest BCUT2D eigenvalue weighted by molar-refractivity contribution is 7.85. The zero-order valence-electron chi connectivity index (χ0n) is 16.9. The molecule has 1 aliphatic rings. The lowest BCUT2D eigenvalue weighted by molar-refractivity contribution is 0.135. The van der Waals surface area contributed by atoms with Gasteiger partial charge in [0.15, 0.2) is 0 Å². The fourth-order valence-electron chi connectivity index (χ4n) is 3.97. The van der Waals surface area contributed by atoms with Crippen molar-refractivity contribution >= 4 is 10.8 Å². The normalized spacial score (nSPS) is 22.2. The van der Waals surface area contributed by atoms with Gasteiger partial charge in [0.2, 0.25) is 0 Å². The lowest BCUT2D eigenvalue weighted by atomic mass is 9.97. The molecule has 1 unspecified atom stereocenters. The van der Waals surface area contributed by atoms with E-state index in [2.05, 4.69) is 6.92 Å². The van der Waals surface area contributed by atoms with Crippen molar-refractivity contribution in [2.24, 2.45) is 0 Å². The largest absolute Gasteiger partial charge is 0.392 e. The summed E-state index contributed by atoms with van der Waals surface area (Å²) in [6.07, 6.45) is 22.8. The summed E-state index contributed by atoms with van der Waals surface area (Å²) in [6.45, 7) is 2.28. The Morgan fingerprint density at radius 3 is 1.64 bits per heavy atom. The van der Waals surface area contributed by atoms with Crippen molar-refractivity contribution in [1.29, 1.82) is 0 Å². The van der Waals surface area contributed by atoms with E-state index in [0.717, 1.165) is 37.9 Å². The van der Waals surface area contributed by atoms with Gasteiger partial charge in [0.1, 0.15) is 0 Å². The van der Waals surface area contributed by atoms with Crippen LogP contribution >= 0.6 is 0 Å². The minimum Gasteiger partial charge on any atom is -0.392 e. The molecule has 2 nitrogen and oxygen atoms in total. The molecule has 1 aliphatic carbocycles. The van der Waals surface area contributed by atoms with Crippen molar-refractivity contribution in [1.82, 2.24) is 0 Å². The summed E-state index contributed by atoms with van der Waals surface area (Å²) in [5.74, 6) is 0.805. The number of rotatable bonds is 16. The minimum atomic E-state index is -0.803. The van der Waals surface area contributed by atoms with E-state index in [4.69, 9.17) is 0 Å². The van der Waals surface area contributed by atoms with Gasteiger partial charge in [-0.25, -0.2) is 0 Å². The molecule has 150 valence electrons. The fourth-order valence-corrected chi connectivity index (χ4v) is 5.68. The molecule has 0 saturated heterocycles. The van der Waals surface area contributed by atoms with E-state index in [0.29, 0.717) is 0 Å². The summed E-state index contributed by atoms with van der Waals surface area (Å²) in [4.78, 5) is 0. The van der Waals surface area contributed by atoms with Crippen LogP contribution in [-0.4, -0.2) is 26.4 Å². The van der Waals surface area contributed by atoms with E-state index < -0.39 is 10.8 Å². The van der Waals surface area contributed by atoms with Crippen molar-refractivity contribution in [2.45, 2.75) is 134 Å². The van der Waals surface area contributed by atoms with Gasteiger partial charge in [-0.3, -0.25) is 4.21 Å². The number of hydrogen-bond acceptors (Lipinski definition) is 2. The fraction of sp³-hybridized carbons (Fsp3) is 1.00. The molecule has 1 N–H and O–H groups in total. The third kappa shape index (κ3) is 12.2. The average molecular weight is 373 g/mol. The van der Waals surface area contributed by atoms with E-state index in [9.17, 15) is 9.32 Å². The first-order valence-corrected chi connectivity index (χ1v) is 12.7. The van der Waals surface area contributed by atoms with Crippen molar-refractivity contribution in [2.75, 3.05) is 5.75 Å². The van der Waals surface area contributed by atoms with Crippen LogP contribution in [0.25, 0.3) is 0 Å². The van der Waals surface area contributed by atoms with Crippen LogP contribution in [0.1, 0.15) is 122 Å². The van der Waals surface area contributed by atoms with Gasteiger partial charge in [-0.2, -0.15) is 0 Å². The zero-order chi connectivity index (χ0) is 18.2. The Kier molecular flexibility index (Phi) is 15.1. The Morgan fingerprint density at radius 2 is 1.16 bits per heavy atom. The van der Waals surface area contributed by atoms with Crippen LogP contribution in [0.2, 0.25) is 0 Å². The molecule has 0 amide bonds. The van der Waals surface area contributed by atoms with Gasteiger partial charge in [-0.05, 0) is 19.3 Å². The number of unbranched alkanes of at least 4 members (excludes halogenated alkanes) is 13. The molecular formula is C22H44O2S. The Morgan fingerprint density at radius 1 is 0.720 bits per heavy atom. The van der Waals surface area contributed by atoms with E-state index in [1.54, 1.807) is 0 Å². The van der Waals surface area contributed by atoms with Gasteiger partial charge in [0, 0.05) is 16.6 Å². The maximum Gasteiger partial charge on any atom is 0.0683 e. The number of hydrogen-bond donors (Lipinski definition) is 1. The quantitative estimate of drug-likeness (QED) is 0.313. The molecule has 1 rings (SSSR count). The summed E-state index contributed by atoms with van der Waals surface area (Å²) in [6, 6.07) is 0. The first-order valence-electron chi connectivity index (χ1n) is 11.3. The molecule has 3 atom stereocenters. The summed E-state index contributed by atoms with van der Waals surface area (Å²) in [5.41, 5.74) is 0. The predicted octanol–water partition coefficient (Wildman–Crippen LogP) is 6.52. The van der Waals surface area contributed by atoms with Crippen LogP contribution in [0.4, 0.5) is 0 Å². The Balaban J connectivity index is 1.80. The summed E-state index contributed by atoms with van der Waals surface area (Å²) in [7, 11) is -0.803. The van der Waals surface area contributed by atoms with Gasteiger partial charge in [-0.1, -0.05) is 103 Å². The molecule has 25 heavy (non-hydrogen) atoms. The summed E-state index contributed by atoms with van der Waals surface area (Å²) in [5, 5.41) is 10.0. The molecule has 1 fully saturated rings.